The smallest absolute Gasteiger partial charge is 0.145 e. The fourth-order valence-electron chi connectivity index (χ4n) is 1.72. The Morgan fingerprint density at radius 2 is 1.94 bits per heavy atom. The fraction of sp³-hybridized carbons (Fsp3) is 0.538. The standard InChI is InChI=1S/C13H18ClN3S/c1-7(2)17(5)6-10-15-12(14)11-8(3)9(4)18-13(11)16-10/h7H,6H2,1-5H3. The fourth-order valence-corrected chi connectivity index (χ4v) is 3.15. The summed E-state index contributed by atoms with van der Waals surface area (Å²) in [6.07, 6.45) is 0. The Balaban J connectivity index is 2.43. The van der Waals surface area contributed by atoms with Crippen LogP contribution in [0, 0.1) is 13.8 Å². The maximum Gasteiger partial charge on any atom is 0.145 e. The van der Waals surface area contributed by atoms with Gasteiger partial charge in [-0.2, -0.15) is 0 Å². The van der Waals surface area contributed by atoms with Crippen LogP contribution in [-0.4, -0.2) is 28.0 Å². The molecule has 0 saturated carbocycles. The lowest BCUT2D eigenvalue weighted by Crippen LogP contribution is -2.26. The number of rotatable bonds is 3. The zero-order valence-electron chi connectivity index (χ0n) is 11.4. The number of hydrogen-bond donors (Lipinski definition) is 0. The molecule has 2 aromatic rings. The monoisotopic (exact) mass is 283 g/mol. The zero-order valence-corrected chi connectivity index (χ0v) is 13.0. The molecule has 0 aliphatic carbocycles. The number of halogens is 1. The van der Waals surface area contributed by atoms with Gasteiger partial charge in [0.25, 0.3) is 0 Å². The van der Waals surface area contributed by atoms with E-state index in [1.807, 2.05) is 0 Å². The summed E-state index contributed by atoms with van der Waals surface area (Å²) in [6.45, 7) is 9.20. The minimum atomic E-state index is 0.467. The molecule has 2 heterocycles. The van der Waals surface area contributed by atoms with E-state index < -0.39 is 0 Å². The summed E-state index contributed by atoms with van der Waals surface area (Å²) >= 11 is 7.97. The van der Waals surface area contributed by atoms with Crippen molar-refractivity contribution in [2.24, 2.45) is 0 Å². The second-order valence-electron chi connectivity index (χ2n) is 4.90. The molecule has 0 saturated heterocycles. The minimum Gasteiger partial charge on any atom is -0.297 e. The normalized spacial score (nSPS) is 12.0. The third-order valence-corrected chi connectivity index (χ3v) is 4.68. The molecule has 2 rings (SSSR count). The van der Waals surface area contributed by atoms with Crippen molar-refractivity contribution in [3.63, 3.8) is 0 Å². The van der Waals surface area contributed by atoms with Crippen LogP contribution in [0.15, 0.2) is 0 Å². The van der Waals surface area contributed by atoms with Crippen molar-refractivity contribution in [3.8, 4) is 0 Å². The van der Waals surface area contributed by atoms with Crippen molar-refractivity contribution >= 4 is 33.2 Å². The van der Waals surface area contributed by atoms with Gasteiger partial charge in [-0.1, -0.05) is 11.6 Å². The van der Waals surface area contributed by atoms with Gasteiger partial charge in [-0.3, -0.25) is 4.90 Å². The Labute approximate surface area is 117 Å². The molecule has 0 atom stereocenters. The van der Waals surface area contributed by atoms with Crippen LogP contribution in [0.5, 0.6) is 0 Å². The Morgan fingerprint density at radius 1 is 1.28 bits per heavy atom. The molecule has 3 nitrogen and oxygen atoms in total. The van der Waals surface area contributed by atoms with Crippen LogP contribution in [0.3, 0.4) is 0 Å². The molecular formula is C13H18ClN3S. The van der Waals surface area contributed by atoms with E-state index >= 15 is 0 Å². The average Bonchev–Trinajstić information content (AvgIpc) is 2.54. The van der Waals surface area contributed by atoms with Gasteiger partial charge < -0.3 is 0 Å². The lowest BCUT2D eigenvalue weighted by Gasteiger charge is -2.19. The van der Waals surface area contributed by atoms with Gasteiger partial charge in [-0.15, -0.1) is 11.3 Å². The van der Waals surface area contributed by atoms with Crippen molar-refractivity contribution in [1.29, 1.82) is 0 Å². The first-order valence-corrected chi connectivity index (χ1v) is 7.22. The second-order valence-corrected chi connectivity index (χ2v) is 6.46. The number of aryl methyl sites for hydroxylation is 2. The molecule has 0 unspecified atom stereocenters. The molecule has 0 spiro atoms. The Morgan fingerprint density at radius 3 is 2.56 bits per heavy atom. The SMILES string of the molecule is Cc1sc2nc(CN(C)C(C)C)nc(Cl)c2c1C. The molecule has 0 bridgehead atoms. The van der Waals surface area contributed by atoms with Crippen LogP contribution in [-0.2, 0) is 6.54 Å². The van der Waals surface area contributed by atoms with Crippen molar-refractivity contribution in [3.05, 3.63) is 21.4 Å². The van der Waals surface area contributed by atoms with Crippen LogP contribution in [0.4, 0.5) is 0 Å². The third kappa shape index (κ3) is 2.51. The van der Waals surface area contributed by atoms with Gasteiger partial charge in [0.15, 0.2) is 0 Å². The van der Waals surface area contributed by atoms with Crippen molar-refractivity contribution < 1.29 is 0 Å². The van der Waals surface area contributed by atoms with Crippen LogP contribution in [0.25, 0.3) is 10.2 Å². The first-order valence-electron chi connectivity index (χ1n) is 6.02. The lowest BCUT2D eigenvalue weighted by atomic mass is 10.2. The van der Waals surface area contributed by atoms with Crippen LogP contribution in [0.2, 0.25) is 5.15 Å². The maximum atomic E-state index is 6.28. The summed E-state index contributed by atoms with van der Waals surface area (Å²) in [5.41, 5.74) is 1.20. The molecule has 0 N–H and O–H groups in total. The summed E-state index contributed by atoms with van der Waals surface area (Å²) < 4.78 is 0. The zero-order chi connectivity index (χ0) is 13.4. The molecule has 0 amide bonds. The highest BCUT2D eigenvalue weighted by atomic mass is 35.5. The Kier molecular flexibility index (Phi) is 3.90. The maximum absolute atomic E-state index is 6.28. The van der Waals surface area contributed by atoms with Crippen LogP contribution < -0.4 is 0 Å². The van der Waals surface area contributed by atoms with E-state index in [1.54, 1.807) is 11.3 Å². The van der Waals surface area contributed by atoms with Gasteiger partial charge in [0.2, 0.25) is 0 Å². The number of thiophene rings is 1. The van der Waals surface area contributed by atoms with E-state index in [0.29, 0.717) is 11.2 Å². The Hall–Kier alpha value is -0.710. The molecular weight excluding hydrogens is 266 g/mol. The van der Waals surface area contributed by atoms with E-state index in [1.165, 1.54) is 10.4 Å². The van der Waals surface area contributed by atoms with Crippen molar-refractivity contribution in [2.75, 3.05) is 7.05 Å². The third-order valence-electron chi connectivity index (χ3n) is 3.30. The summed E-state index contributed by atoms with van der Waals surface area (Å²) in [5.74, 6) is 0.796. The first-order chi connectivity index (χ1) is 8.40. The van der Waals surface area contributed by atoms with Gasteiger partial charge in [0, 0.05) is 10.9 Å². The van der Waals surface area contributed by atoms with Crippen molar-refractivity contribution in [2.45, 2.75) is 40.3 Å². The summed E-state index contributed by atoms with van der Waals surface area (Å²) in [4.78, 5) is 13.5. The van der Waals surface area contributed by atoms with Crippen LogP contribution in [0.1, 0.15) is 30.1 Å². The van der Waals surface area contributed by atoms with Gasteiger partial charge in [0.05, 0.1) is 11.9 Å². The van der Waals surface area contributed by atoms with Gasteiger partial charge in [-0.05, 0) is 40.3 Å². The quantitative estimate of drug-likeness (QED) is 0.802. The van der Waals surface area contributed by atoms with E-state index in [0.717, 1.165) is 22.6 Å². The molecule has 18 heavy (non-hydrogen) atoms. The molecule has 5 heteroatoms. The lowest BCUT2D eigenvalue weighted by molar-refractivity contribution is 0.259. The highest BCUT2D eigenvalue weighted by molar-refractivity contribution is 7.18. The number of hydrogen-bond acceptors (Lipinski definition) is 4. The largest absolute Gasteiger partial charge is 0.297 e. The molecule has 2 aromatic heterocycles. The second kappa shape index (κ2) is 5.11. The molecule has 0 aliphatic rings. The van der Waals surface area contributed by atoms with E-state index in [4.69, 9.17) is 11.6 Å². The van der Waals surface area contributed by atoms with Gasteiger partial charge in [0.1, 0.15) is 15.8 Å². The summed E-state index contributed by atoms with van der Waals surface area (Å²) in [5, 5.41) is 1.59. The average molecular weight is 284 g/mol. The topological polar surface area (TPSA) is 29.0 Å². The number of fused-ring (bicyclic) bond motifs is 1. The highest BCUT2D eigenvalue weighted by Crippen LogP contribution is 2.32. The van der Waals surface area contributed by atoms with E-state index in [9.17, 15) is 0 Å². The predicted molar refractivity (Wildman–Crippen MR) is 78.5 cm³/mol. The van der Waals surface area contributed by atoms with Gasteiger partial charge >= 0.3 is 0 Å². The molecule has 98 valence electrons. The predicted octanol–water partition coefficient (Wildman–Crippen LogP) is 3.80. The summed E-state index contributed by atoms with van der Waals surface area (Å²) in [7, 11) is 2.07. The number of nitrogens with zero attached hydrogens (tertiary/aromatic N) is 3. The molecule has 0 radical (unpaired) electrons. The van der Waals surface area contributed by atoms with E-state index in [-0.39, 0.29) is 0 Å². The van der Waals surface area contributed by atoms with Gasteiger partial charge in [-0.25, -0.2) is 9.97 Å². The van der Waals surface area contributed by atoms with Crippen LogP contribution >= 0.6 is 22.9 Å². The van der Waals surface area contributed by atoms with E-state index in [2.05, 4.69) is 49.6 Å². The Bertz CT molecular complexity index is 577. The highest BCUT2D eigenvalue weighted by Gasteiger charge is 2.14. The minimum absolute atomic E-state index is 0.467. The summed E-state index contributed by atoms with van der Waals surface area (Å²) in [6, 6.07) is 0.467. The van der Waals surface area contributed by atoms with Crippen molar-refractivity contribution in [1.82, 2.24) is 14.9 Å². The molecule has 0 fully saturated rings. The molecule has 0 aromatic carbocycles. The first kappa shape index (κ1) is 13.7. The number of aromatic nitrogens is 2. The molecule has 0 aliphatic heterocycles.